The molecular formula is C13H15ClIN3. The van der Waals surface area contributed by atoms with Crippen molar-refractivity contribution in [1.29, 1.82) is 0 Å². The second-order valence-corrected chi connectivity index (χ2v) is 5.73. The third-order valence-corrected chi connectivity index (χ3v) is 3.78. The summed E-state index contributed by atoms with van der Waals surface area (Å²) in [4.78, 5) is 0. The normalized spacial score (nSPS) is 10.7. The number of rotatable bonds is 4. The van der Waals surface area contributed by atoms with Gasteiger partial charge in [-0.25, -0.2) is 0 Å². The van der Waals surface area contributed by atoms with Gasteiger partial charge in [0.15, 0.2) is 0 Å². The van der Waals surface area contributed by atoms with E-state index in [0.717, 1.165) is 35.1 Å². The van der Waals surface area contributed by atoms with Gasteiger partial charge >= 0.3 is 0 Å². The fourth-order valence-electron chi connectivity index (χ4n) is 1.73. The fourth-order valence-corrected chi connectivity index (χ4v) is 2.40. The molecule has 0 fully saturated rings. The predicted octanol–water partition coefficient (Wildman–Crippen LogP) is 3.85. The van der Waals surface area contributed by atoms with Crippen LogP contribution in [0.15, 0.2) is 24.3 Å². The first-order valence-electron chi connectivity index (χ1n) is 5.81. The third kappa shape index (κ3) is 3.17. The van der Waals surface area contributed by atoms with Crippen molar-refractivity contribution in [3.8, 4) is 0 Å². The summed E-state index contributed by atoms with van der Waals surface area (Å²) in [6.45, 7) is 2.83. The highest BCUT2D eigenvalue weighted by atomic mass is 127. The van der Waals surface area contributed by atoms with Crippen LogP contribution in [-0.2, 0) is 20.0 Å². The Morgan fingerprint density at radius 2 is 2.17 bits per heavy atom. The molecule has 3 nitrogen and oxygen atoms in total. The highest BCUT2D eigenvalue weighted by molar-refractivity contribution is 14.1. The van der Waals surface area contributed by atoms with Crippen LogP contribution in [0.3, 0.4) is 0 Å². The molecular weight excluding hydrogens is 361 g/mol. The van der Waals surface area contributed by atoms with Crippen LogP contribution in [0.25, 0.3) is 0 Å². The maximum Gasteiger partial charge on any atom is 0.0638 e. The first kappa shape index (κ1) is 13.7. The molecule has 0 radical (unpaired) electrons. The van der Waals surface area contributed by atoms with E-state index in [1.165, 1.54) is 3.57 Å². The second-order valence-electron chi connectivity index (χ2n) is 4.08. The summed E-state index contributed by atoms with van der Waals surface area (Å²) in [5, 5.41) is 8.52. The third-order valence-electron chi connectivity index (χ3n) is 2.78. The number of hydrogen-bond donors (Lipinski definition) is 1. The number of benzene rings is 1. The van der Waals surface area contributed by atoms with Crippen molar-refractivity contribution in [2.24, 2.45) is 7.05 Å². The largest absolute Gasteiger partial charge is 0.378 e. The number of nitrogens with zero attached hydrogens (tertiary/aromatic N) is 2. The minimum absolute atomic E-state index is 0.726. The lowest BCUT2D eigenvalue weighted by Gasteiger charge is -2.08. The molecule has 0 amide bonds. The van der Waals surface area contributed by atoms with Gasteiger partial charge in [0.25, 0.3) is 0 Å². The van der Waals surface area contributed by atoms with Gasteiger partial charge in [0.2, 0.25) is 0 Å². The molecule has 0 bridgehead atoms. The number of aromatic nitrogens is 2. The summed E-state index contributed by atoms with van der Waals surface area (Å²) >= 11 is 8.42. The van der Waals surface area contributed by atoms with E-state index in [4.69, 9.17) is 11.6 Å². The molecule has 0 aliphatic heterocycles. The summed E-state index contributed by atoms with van der Waals surface area (Å²) in [6.07, 6.45) is 0.956. The number of nitrogens with one attached hydrogen (secondary N) is 1. The predicted molar refractivity (Wildman–Crippen MR) is 84.1 cm³/mol. The SMILES string of the molecule is CCc1cc(CNc2cc(I)ccc2Cl)n(C)n1. The number of halogens is 2. The summed E-state index contributed by atoms with van der Waals surface area (Å²) in [5.41, 5.74) is 3.23. The summed E-state index contributed by atoms with van der Waals surface area (Å²) in [7, 11) is 1.96. The van der Waals surface area contributed by atoms with Gasteiger partial charge in [-0.2, -0.15) is 5.10 Å². The monoisotopic (exact) mass is 375 g/mol. The highest BCUT2D eigenvalue weighted by Gasteiger charge is 2.05. The van der Waals surface area contributed by atoms with Crippen LogP contribution in [0.5, 0.6) is 0 Å². The lowest BCUT2D eigenvalue weighted by Crippen LogP contribution is -2.05. The van der Waals surface area contributed by atoms with Crippen molar-refractivity contribution in [1.82, 2.24) is 9.78 Å². The van der Waals surface area contributed by atoms with Crippen molar-refractivity contribution >= 4 is 39.9 Å². The smallest absolute Gasteiger partial charge is 0.0638 e. The first-order chi connectivity index (χ1) is 8.60. The topological polar surface area (TPSA) is 29.9 Å². The van der Waals surface area contributed by atoms with Crippen molar-refractivity contribution in [2.45, 2.75) is 19.9 Å². The Morgan fingerprint density at radius 1 is 1.39 bits per heavy atom. The zero-order valence-corrected chi connectivity index (χ0v) is 13.3. The molecule has 1 aromatic carbocycles. The quantitative estimate of drug-likeness (QED) is 0.823. The zero-order chi connectivity index (χ0) is 13.1. The van der Waals surface area contributed by atoms with Crippen LogP contribution >= 0.6 is 34.2 Å². The molecule has 2 aromatic rings. The summed E-state index contributed by atoms with van der Waals surface area (Å²) in [5.74, 6) is 0. The molecule has 0 unspecified atom stereocenters. The van der Waals surface area contributed by atoms with Gasteiger partial charge in [-0.3, -0.25) is 4.68 Å². The van der Waals surface area contributed by atoms with E-state index in [1.807, 2.05) is 29.9 Å². The molecule has 2 rings (SSSR count). The molecule has 1 heterocycles. The van der Waals surface area contributed by atoms with Crippen LogP contribution in [0.4, 0.5) is 5.69 Å². The van der Waals surface area contributed by atoms with E-state index in [9.17, 15) is 0 Å². The first-order valence-corrected chi connectivity index (χ1v) is 7.26. The fraction of sp³-hybridized carbons (Fsp3) is 0.308. The van der Waals surface area contributed by atoms with Crippen molar-refractivity contribution in [3.05, 3.63) is 44.2 Å². The minimum atomic E-state index is 0.726. The molecule has 0 aliphatic carbocycles. The molecule has 18 heavy (non-hydrogen) atoms. The molecule has 96 valence electrons. The van der Waals surface area contributed by atoms with Gasteiger partial charge in [-0.05, 0) is 53.3 Å². The van der Waals surface area contributed by atoms with E-state index < -0.39 is 0 Å². The van der Waals surface area contributed by atoms with Gasteiger partial charge < -0.3 is 5.32 Å². The highest BCUT2D eigenvalue weighted by Crippen LogP contribution is 2.24. The molecule has 0 spiro atoms. The van der Waals surface area contributed by atoms with Gasteiger partial charge in [0.05, 0.1) is 28.6 Å². The van der Waals surface area contributed by atoms with Crippen molar-refractivity contribution in [2.75, 3.05) is 5.32 Å². The van der Waals surface area contributed by atoms with Gasteiger partial charge in [0, 0.05) is 10.6 Å². The van der Waals surface area contributed by atoms with Gasteiger partial charge in [-0.1, -0.05) is 18.5 Å². The molecule has 1 N–H and O–H groups in total. The van der Waals surface area contributed by atoms with Crippen LogP contribution in [0.1, 0.15) is 18.3 Å². The van der Waals surface area contributed by atoms with E-state index in [2.05, 4.69) is 46.0 Å². The Kier molecular flexibility index (Phi) is 4.50. The van der Waals surface area contributed by atoms with Gasteiger partial charge in [0.1, 0.15) is 0 Å². The van der Waals surface area contributed by atoms with Crippen LogP contribution < -0.4 is 5.32 Å². The Labute approximate surface area is 126 Å². The van der Waals surface area contributed by atoms with Crippen molar-refractivity contribution in [3.63, 3.8) is 0 Å². The van der Waals surface area contributed by atoms with Gasteiger partial charge in [-0.15, -0.1) is 0 Å². The summed E-state index contributed by atoms with van der Waals surface area (Å²) in [6, 6.07) is 8.06. The maximum atomic E-state index is 6.15. The Hall–Kier alpha value is -0.750. The standard InChI is InChI=1S/C13H15ClIN3/c1-3-10-7-11(18(2)17-10)8-16-13-6-9(15)4-5-12(13)14/h4-7,16H,3,8H2,1-2H3. The van der Waals surface area contributed by atoms with E-state index in [1.54, 1.807) is 0 Å². The van der Waals surface area contributed by atoms with Crippen LogP contribution in [-0.4, -0.2) is 9.78 Å². The Morgan fingerprint density at radius 3 is 2.83 bits per heavy atom. The molecule has 0 atom stereocenters. The average molecular weight is 376 g/mol. The average Bonchev–Trinajstić information content (AvgIpc) is 2.71. The molecule has 5 heteroatoms. The number of hydrogen-bond acceptors (Lipinski definition) is 2. The minimum Gasteiger partial charge on any atom is -0.378 e. The summed E-state index contributed by atoms with van der Waals surface area (Å²) < 4.78 is 3.08. The van der Waals surface area contributed by atoms with E-state index >= 15 is 0 Å². The molecule has 0 saturated carbocycles. The number of anilines is 1. The number of aryl methyl sites for hydroxylation is 2. The van der Waals surface area contributed by atoms with Crippen LogP contribution in [0, 0.1) is 3.57 Å². The lowest BCUT2D eigenvalue weighted by molar-refractivity contribution is 0.707. The second kappa shape index (κ2) is 5.93. The van der Waals surface area contributed by atoms with Crippen LogP contribution in [0.2, 0.25) is 5.02 Å². The maximum absolute atomic E-state index is 6.15. The Bertz CT molecular complexity index is 551. The molecule has 1 aromatic heterocycles. The zero-order valence-electron chi connectivity index (χ0n) is 10.4. The lowest BCUT2D eigenvalue weighted by atomic mass is 10.3. The van der Waals surface area contributed by atoms with Crippen molar-refractivity contribution < 1.29 is 0 Å². The molecule has 0 saturated heterocycles. The van der Waals surface area contributed by atoms with E-state index in [0.29, 0.717) is 0 Å². The van der Waals surface area contributed by atoms with E-state index in [-0.39, 0.29) is 0 Å². The molecule has 0 aliphatic rings. The Balaban J connectivity index is 2.11.